The summed E-state index contributed by atoms with van der Waals surface area (Å²) in [6.45, 7) is 4.29. The maximum absolute atomic E-state index is 4.76. The molecule has 2 aromatic carbocycles. The molecule has 0 spiro atoms. The van der Waals surface area contributed by atoms with Crippen LogP contribution in [-0.4, -0.2) is 10.8 Å². The smallest absolute Gasteiger partial charge is 0.0630 e. The molecule has 0 bridgehead atoms. The second-order valence-corrected chi connectivity index (χ2v) is 8.55. The minimum Gasteiger partial charge on any atom is -0.317 e. The van der Waals surface area contributed by atoms with Gasteiger partial charge in [-0.15, -0.1) is 0 Å². The Bertz CT molecular complexity index is 962. The first kappa shape index (κ1) is 19.2. The van der Waals surface area contributed by atoms with Crippen molar-refractivity contribution in [1.82, 2.24) is 4.57 Å². The molecule has 1 heterocycles. The van der Waals surface area contributed by atoms with Crippen molar-refractivity contribution >= 4 is 27.8 Å². The summed E-state index contributed by atoms with van der Waals surface area (Å²) in [5.74, 6) is 0.741. The third kappa shape index (κ3) is 3.86. The number of hydrogen-bond acceptors (Lipinski definition) is 1. The molecule has 0 atom stereocenters. The molecular formula is C25H27BrN2. The zero-order chi connectivity index (χ0) is 19.5. The van der Waals surface area contributed by atoms with E-state index in [4.69, 9.17) is 4.99 Å². The van der Waals surface area contributed by atoms with E-state index in [1.54, 1.807) is 0 Å². The third-order valence-electron chi connectivity index (χ3n) is 5.94. The van der Waals surface area contributed by atoms with Crippen molar-refractivity contribution in [3.63, 3.8) is 0 Å². The molecule has 1 aliphatic carbocycles. The summed E-state index contributed by atoms with van der Waals surface area (Å²) in [5.41, 5.74) is 7.18. The standard InChI is InChI=1S/C25H27BrN2/c1-18-24(25(26)19(2)28(18)23-11-7-4-8-12-23)17-27-22-15-13-21(14-16-22)20-9-5-3-6-10-20/h4,7-8,11-17,20H,3,5-6,9-10H2,1-2H3. The molecule has 1 aliphatic rings. The zero-order valence-electron chi connectivity index (χ0n) is 16.7. The van der Waals surface area contributed by atoms with Crippen LogP contribution >= 0.6 is 15.9 Å². The average Bonchev–Trinajstić information content (AvgIpc) is 2.96. The number of benzene rings is 2. The van der Waals surface area contributed by atoms with E-state index in [9.17, 15) is 0 Å². The molecule has 3 aromatic rings. The summed E-state index contributed by atoms with van der Waals surface area (Å²) in [6.07, 6.45) is 8.80. The molecule has 0 radical (unpaired) electrons. The number of halogens is 1. The van der Waals surface area contributed by atoms with Gasteiger partial charge in [0.1, 0.15) is 0 Å². The van der Waals surface area contributed by atoms with Crippen molar-refractivity contribution in [2.75, 3.05) is 0 Å². The summed E-state index contributed by atoms with van der Waals surface area (Å²) < 4.78 is 3.38. The maximum Gasteiger partial charge on any atom is 0.0630 e. The SMILES string of the molecule is Cc1c(Br)c(C=Nc2ccc(C3CCCCC3)cc2)c(C)n1-c1ccccc1. The minimum atomic E-state index is 0.741. The van der Waals surface area contributed by atoms with Gasteiger partial charge < -0.3 is 4.57 Å². The van der Waals surface area contributed by atoms with Gasteiger partial charge in [-0.3, -0.25) is 4.99 Å². The Morgan fingerprint density at radius 2 is 1.57 bits per heavy atom. The molecule has 0 unspecified atom stereocenters. The van der Waals surface area contributed by atoms with Gasteiger partial charge in [-0.05, 0) is 78.4 Å². The van der Waals surface area contributed by atoms with Crippen molar-refractivity contribution in [2.45, 2.75) is 51.9 Å². The van der Waals surface area contributed by atoms with Gasteiger partial charge in [0.25, 0.3) is 0 Å². The van der Waals surface area contributed by atoms with E-state index in [1.807, 2.05) is 12.3 Å². The highest BCUT2D eigenvalue weighted by Crippen LogP contribution is 2.34. The largest absolute Gasteiger partial charge is 0.317 e. The lowest BCUT2D eigenvalue weighted by Gasteiger charge is -2.21. The van der Waals surface area contributed by atoms with E-state index >= 15 is 0 Å². The van der Waals surface area contributed by atoms with Crippen molar-refractivity contribution in [1.29, 1.82) is 0 Å². The van der Waals surface area contributed by atoms with Crippen LogP contribution in [-0.2, 0) is 0 Å². The molecule has 1 aromatic heterocycles. The highest BCUT2D eigenvalue weighted by molar-refractivity contribution is 9.10. The summed E-state index contributed by atoms with van der Waals surface area (Å²) >= 11 is 3.77. The first-order chi connectivity index (χ1) is 13.6. The molecule has 1 fully saturated rings. The predicted octanol–water partition coefficient (Wildman–Crippen LogP) is 7.65. The highest BCUT2D eigenvalue weighted by Gasteiger charge is 2.16. The summed E-state index contributed by atoms with van der Waals surface area (Å²) in [5, 5.41) is 0. The summed E-state index contributed by atoms with van der Waals surface area (Å²) in [6, 6.07) is 19.3. The van der Waals surface area contributed by atoms with E-state index in [-0.39, 0.29) is 0 Å². The van der Waals surface area contributed by atoms with Gasteiger partial charge in [0.2, 0.25) is 0 Å². The number of para-hydroxylation sites is 1. The predicted molar refractivity (Wildman–Crippen MR) is 122 cm³/mol. The van der Waals surface area contributed by atoms with Crippen molar-refractivity contribution in [3.05, 3.63) is 81.6 Å². The Hall–Kier alpha value is -2.13. The van der Waals surface area contributed by atoms with Gasteiger partial charge >= 0.3 is 0 Å². The van der Waals surface area contributed by atoms with E-state index in [2.05, 4.69) is 82.9 Å². The first-order valence-corrected chi connectivity index (χ1v) is 11.0. The second-order valence-electron chi connectivity index (χ2n) is 7.75. The van der Waals surface area contributed by atoms with Crippen LogP contribution in [0.3, 0.4) is 0 Å². The molecule has 2 nitrogen and oxygen atoms in total. The van der Waals surface area contributed by atoms with Crippen LogP contribution in [0.15, 0.2) is 64.1 Å². The Balaban J connectivity index is 1.58. The lowest BCUT2D eigenvalue weighted by molar-refractivity contribution is 0.443. The van der Waals surface area contributed by atoms with Gasteiger partial charge in [0, 0.05) is 33.3 Å². The van der Waals surface area contributed by atoms with Crippen LogP contribution in [0.2, 0.25) is 0 Å². The van der Waals surface area contributed by atoms with E-state index in [0.717, 1.165) is 21.6 Å². The highest BCUT2D eigenvalue weighted by atomic mass is 79.9. The van der Waals surface area contributed by atoms with Crippen LogP contribution in [0.25, 0.3) is 5.69 Å². The fraction of sp³-hybridized carbons (Fsp3) is 0.320. The Kier molecular flexibility index (Phi) is 5.82. The zero-order valence-corrected chi connectivity index (χ0v) is 18.2. The fourth-order valence-corrected chi connectivity index (χ4v) is 4.91. The van der Waals surface area contributed by atoms with Gasteiger partial charge in [-0.25, -0.2) is 0 Å². The third-order valence-corrected chi connectivity index (χ3v) is 6.94. The second kappa shape index (κ2) is 8.48. The Morgan fingerprint density at radius 1 is 0.893 bits per heavy atom. The number of nitrogens with zero attached hydrogens (tertiary/aromatic N) is 2. The lowest BCUT2D eigenvalue weighted by atomic mass is 9.84. The first-order valence-electron chi connectivity index (χ1n) is 10.2. The molecule has 0 amide bonds. The van der Waals surface area contributed by atoms with Gasteiger partial charge in [0.05, 0.1) is 5.69 Å². The van der Waals surface area contributed by atoms with Crippen molar-refractivity contribution in [3.8, 4) is 5.69 Å². The maximum atomic E-state index is 4.76. The van der Waals surface area contributed by atoms with Crippen LogP contribution in [0.4, 0.5) is 5.69 Å². The van der Waals surface area contributed by atoms with Crippen molar-refractivity contribution in [2.24, 2.45) is 4.99 Å². The van der Waals surface area contributed by atoms with E-state index < -0.39 is 0 Å². The lowest BCUT2D eigenvalue weighted by Crippen LogP contribution is -2.03. The molecule has 0 saturated heterocycles. The topological polar surface area (TPSA) is 17.3 Å². The number of hydrogen-bond donors (Lipinski definition) is 0. The molecule has 1 saturated carbocycles. The monoisotopic (exact) mass is 434 g/mol. The fourth-order valence-electron chi connectivity index (χ4n) is 4.35. The minimum absolute atomic E-state index is 0.741. The molecule has 28 heavy (non-hydrogen) atoms. The Labute approximate surface area is 176 Å². The molecule has 3 heteroatoms. The summed E-state index contributed by atoms with van der Waals surface area (Å²) in [7, 11) is 0. The molecule has 0 N–H and O–H groups in total. The summed E-state index contributed by atoms with van der Waals surface area (Å²) in [4.78, 5) is 4.76. The van der Waals surface area contributed by atoms with Crippen LogP contribution in [0.1, 0.15) is 60.5 Å². The van der Waals surface area contributed by atoms with Crippen LogP contribution < -0.4 is 0 Å². The van der Waals surface area contributed by atoms with Gasteiger partial charge in [0.15, 0.2) is 0 Å². The van der Waals surface area contributed by atoms with Crippen molar-refractivity contribution < 1.29 is 0 Å². The van der Waals surface area contributed by atoms with E-state index in [0.29, 0.717) is 0 Å². The van der Waals surface area contributed by atoms with Gasteiger partial charge in [-0.2, -0.15) is 0 Å². The number of aromatic nitrogens is 1. The normalized spacial score (nSPS) is 15.4. The molecule has 144 valence electrons. The number of rotatable bonds is 4. The molecule has 4 rings (SSSR count). The number of aliphatic imine (C=N–C) groups is 1. The Morgan fingerprint density at radius 3 is 2.25 bits per heavy atom. The van der Waals surface area contributed by atoms with E-state index in [1.165, 1.54) is 54.7 Å². The molecular weight excluding hydrogens is 408 g/mol. The average molecular weight is 435 g/mol. The van der Waals surface area contributed by atoms with Crippen LogP contribution in [0, 0.1) is 13.8 Å². The van der Waals surface area contributed by atoms with Gasteiger partial charge in [-0.1, -0.05) is 49.6 Å². The van der Waals surface area contributed by atoms with Crippen LogP contribution in [0.5, 0.6) is 0 Å². The molecule has 0 aliphatic heterocycles. The quantitative estimate of drug-likeness (QED) is 0.375.